The molecule has 9 heteroatoms. The molecule has 2 aromatic carbocycles. The second-order valence-corrected chi connectivity index (χ2v) is 11.0. The highest BCUT2D eigenvalue weighted by Crippen LogP contribution is 2.34. The Morgan fingerprint density at radius 1 is 1.03 bits per heavy atom. The normalized spacial score (nSPS) is 22.5. The summed E-state index contributed by atoms with van der Waals surface area (Å²) in [6.07, 6.45) is 3.48. The molecule has 0 aromatic heterocycles. The van der Waals surface area contributed by atoms with Gasteiger partial charge in [0.05, 0.1) is 12.8 Å². The van der Waals surface area contributed by atoms with E-state index in [2.05, 4.69) is 10.6 Å². The van der Waals surface area contributed by atoms with Gasteiger partial charge in [0.25, 0.3) is 5.91 Å². The van der Waals surface area contributed by atoms with Crippen LogP contribution < -0.4 is 20.3 Å². The van der Waals surface area contributed by atoms with Gasteiger partial charge in [0.2, 0.25) is 12.1 Å². The van der Waals surface area contributed by atoms with E-state index in [1.165, 1.54) is 30.6 Å². The average molecular weight is 532 g/mol. The summed E-state index contributed by atoms with van der Waals surface area (Å²) in [5, 5.41) is 5.49. The van der Waals surface area contributed by atoms with Crippen LogP contribution in [-0.2, 0) is 9.59 Å². The molecule has 3 heterocycles. The summed E-state index contributed by atoms with van der Waals surface area (Å²) in [5.41, 5.74) is 2.65. The fraction of sp³-hybridized carbons (Fsp3) is 0.467. The van der Waals surface area contributed by atoms with Crippen LogP contribution in [0.1, 0.15) is 45.1 Å². The van der Waals surface area contributed by atoms with E-state index in [1.54, 1.807) is 31.4 Å². The first kappa shape index (κ1) is 26.7. The average Bonchev–Trinajstić information content (AvgIpc) is 3.32. The molecule has 0 spiro atoms. The Morgan fingerprint density at radius 2 is 1.72 bits per heavy atom. The molecule has 4 amide bonds. The zero-order valence-corrected chi connectivity index (χ0v) is 22.9. The predicted octanol–water partition coefficient (Wildman–Crippen LogP) is 4.28. The summed E-state index contributed by atoms with van der Waals surface area (Å²) >= 11 is 0. The number of nitrogens with zero attached hydrogens (tertiary/aromatic N) is 3. The zero-order valence-electron chi connectivity index (χ0n) is 22.9. The van der Waals surface area contributed by atoms with E-state index in [0.717, 1.165) is 18.7 Å². The number of para-hydroxylation sites is 1. The maximum Gasteiger partial charge on any atom is 0.321 e. The van der Waals surface area contributed by atoms with E-state index < -0.39 is 18.1 Å². The summed E-state index contributed by atoms with van der Waals surface area (Å²) in [4.78, 5) is 48.8. The number of amides is 4. The van der Waals surface area contributed by atoms with E-state index >= 15 is 0 Å². The van der Waals surface area contributed by atoms with Gasteiger partial charge in [0.1, 0.15) is 12.3 Å². The summed E-state index contributed by atoms with van der Waals surface area (Å²) in [6.45, 7) is 5.41. The number of rotatable bonds is 6. The number of methoxy groups -OCH3 is 1. The fourth-order valence-corrected chi connectivity index (χ4v) is 5.90. The van der Waals surface area contributed by atoms with E-state index in [9.17, 15) is 14.4 Å². The summed E-state index contributed by atoms with van der Waals surface area (Å²) < 4.78 is 5.23. The molecule has 206 valence electrons. The van der Waals surface area contributed by atoms with Gasteiger partial charge in [-0.05, 0) is 61.6 Å². The van der Waals surface area contributed by atoms with Gasteiger partial charge in [0.15, 0.2) is 0 Å². The smallest absolute Gasteiger partial charge is 0.321 e. The topological polar surface area (TPSA) is 103 Å². The first-order valence-corrected chi connectivity index (χ1v) is 13.8. The molecular weight excluding hydrogens is 494 g/mol. The molecule has 1 atom stereocenters. The summed E-state index contributed by atoms with van der Waals surface area (Å²) in [7, 11) is 1.55. The second-order valence-electron chi connectivity index (χ2n) is 11.0. The Bertz CT molecular complexity index is 1250. The highest BCUT2D eigenvalue weighted by molar-refractivity contribution is 6.15. The van der Waals surface area contributed by atoms with Gasteiger partial charge in [-0.15, -0.1) is 0 Å². The number of hydrogen-bond donors (Lipinski definition) is 2. The number of benzene rings is 2. The van der Waals surface area contributed by atoms with Crippen LogP contribution in [0.3, 0.4) is 0 Å². The number of urea groups is 1. The van der Waals surface area contributed by atoms with Gasteiger partial charge in [-0.2, -0.15) is 0 Å². The quantitative estimate of drug-likeness (QED) is 0.581. The number of ether oxygens (including phenoxy) is 1. The lowest BCUT2D eigenvalue weighted by Gasteiger charge is -2.29. The van der Waals surface area contributed by atoms with Crippen LogP contribution in [0.25, 0.3) is 0 Å². The van der Waals surface area contributed by atoms with Crippen molar-refractivity contribution in [1.82, 2.24) is 10.2 Å². The first-order valence-electron chi connectivity index (χ1n) is 13.8. The van der Waals surface area contributed by atoms with E-state index in [-0.39, 0.29) is 18.4 Å². The molecular formula is C30H37N5O4. The monoisotopic (exact) mass is 531 g/mol. The third-order valence-electron chi connectivity index (χ3n) is 7.95. The number of aliphatic imine (C=N–C) groups is 1. The Kier molecular flexibility index (Phi) is 7.86. The van der Waals surface area contributed by atoms with E-state index in [4.69, 9.17) is 9.73 Å². The molecule has 1 saturated carbocycles. The number of fused-ring (bicyclic) bond motifs is 5. The van der Waals surface area contributed by atoms with Crippen molar-refractivity contribution in [2.75, 3.05) is 37.0 Å². The Balaban J connectivity index is 1.41. The molecule has 3 aliphatic heterocycles. The molecule has 1 aliphatic carbocycles. The van der Waals surface area contributed by atoms with Crippen molar-refractivity contribution in [2.45, 2.75) is 45.7 Å². The van der Waals surface area contributed by atoms with Crippen LogP contribution in [0.4, 0.5) is 16.2 Å². The molecule has 2 saturated heterocycles. The lowest BCUT2D eigenvalue weighted by Crippen LogP contribution is -2.52. The van der Waals surface area contributed by atoms with Crippen LogP contribution in [0.5, 0.6) is 5.75 Å². The van der Waals surface area contributed by atoms with Gasteiger partial charge in [-0.1, -0.05) is 38.1 Å². The highest BCUT2D eigenvalue weighted by atomic mass is 16.5. The maximum absolute atomic E-state index is 14.0. The Morgan fingerprint density at radius 3 is 2.38 bits per heavy atom. The standard InChI is InChI=1S/C30H37N5O4/c1-19(2)27-24-9-4-5-10-25(24)35(18-26(36)34-16-20-11-12-21(17-34)14-13-20)29(37)28(32-27)33-30(38)31-22-7-6-8-23(15-22)39-3/h4-10,15,19-21,28H,11-14,16-18H2,1-3H3,(H2,31,33,38)/t20?,21?,28-/m0/s1. The van der Waals surface area contributed by atoms with Crippen LogP contribution >= 0.6 is 0 Å². The molecule has 39 heavy (non-hydrogen) atoms. The number of benzodiazepines with no additional fused rings is 1. The van der Waals surface area contributed by atoms with Crippen LogP contribution in [0.2, 0.25) is 0 Å². The molecule has 6 rings (SSSR count). The third-order valence-corrected chi connectivity index (χ3v) is 7.95. The van der Waals surface area contributed by atoms with Gasteiger partial charge < -0.3 is 20.3 Å². The predicted molar refractivity (Wildman–Crippen MR) is 151 cm³/mol. The number of carbonyl (C=O) groups excluding carboxylic acids is 3. The summed E-state index contributed by atoms with van der Waals surface area (Å²) in [6, 6.07) is 13.9. The Labute approximate surface area is 229 Å². The maximum atomic E-state index is 14.0. The van der Waals surface area contributed by atoms with Crippen molar-refractivity contribution in [3.63, 3.8) is 0 Å². The molecule has 0 radical (unpaired) electrons. The van der Waals surface area contributed by atoms with Crippen molar-refractivity contribution in [3.05, 3.63) is 54.1 Å². The largest absolute Gasteiger partial charge is 0.497 e. The fourth-order valence-electron chi connectivity index (χ4n) is 5.90. The van der Waals surface area contributed by atoms with Gasteiger partial charge in [-0.3, -0.25) is 19.5 Å². The lowest BCUT2D eigenvalue weighted by molar-refractivity contribution is -0.132. The van der Waals surface area contributed by atoms with Gasteiger partial charge in [-0.25, -0.2) is 4.79 Å². The highest BCUT2D eigenvalue weighted by Gasteiger charge is 2.37. The third kappa shape index (κ3) is 5.92. The van der Waals surface area contributed by atoms with Crippen molar-refractivity contribution in [3.8, 4) is 5.75 Å². The van der Waals surface area contributed by atoms with Crippen LogP contribution in [0.15, 0.2) is 53.5 Å². The first-order chi connectivity index (χ1) is 18.8. The van der Waals surface area contributed by atoms with E-state index in [1.807, 2.05) is 43.0 Å². The van der Waals surface area contributed by atoms with Crippen LogP contribution in [-0.4, -0.2) is 61.4 Å². The number of anilines is 2. The molecule has 3 fully saturated rings. The Hall–Kier alpha value is -3.88. The van der Waals surface area contributed by atoms with Crippen molar-refractivity contribution >= 4 is 34.9 Å². The number of carbonyl (C=O) groups is 3. The zero-order chi connectivity index (χ0) is 27.5. The minimum absolute atomic E-state index is 0.0124. The lowest BCUT2D eigenvalue weighted by atomic mass is 9.84. The molecule has 9 nitrogen and oxygen atoms in total. The van der Waals surface area contributed by atoms with Gasteiger partial charge >= 0.3 is 6.03 Å². The van der Waals surface area contributed by atoms with Crippen molar-refractivity contribution in [2.24, 2.45) is 22.7 Å². The molecule has 2 aromatic rings. The number of nitrogens with one attached hydrogen (secondary N) is 2. The van der Waals surface area contributed by atoms with E-state index in [0.29, 0.717) is 34.7 Å². The molecule has 4 aliphatic rings. The molecule has 2 N–H and O–H groups in total. The number of hydrogen-bond acceptors (Lipinski definition) is 5. The second kappa shape index (κ2) is 11.5. The SMILES string of the molecule is COc1cccc(NC(=O)N[C@@H]2N=C(C(C)C)c3ccccc3N(CC(=O)N3CC4CCC(CC4)C3)C2=O)c1. The van der Waals surface area contributed by atoms with Crippen molar-refractivity contribution < 1.29 is 19.1 Å². The molecule has 2 bridgehead atoms. The van der Waals surface area contributed by atoms with Gasteiger partial charge in [0, 0.05) is 36.1 Å². The van der Waals surface area contributed by atoms with Crippen molar-refractivity contribution in [1.29, 1.82) is 0 Å². The molecule has 0 unspecified atom stereocenters. The summed E-state index contributed by atoms with van der Waals surface area (Å²) in [5.74, 6) is 1.15. The minimum atomic E-state index is -1.19. The van der Waals surface area contributed by atoms with Crippen LogP contribution in [0, 0.1) is 17.8 Å². The minimum Gasteiger partial charge on any atom is -0.497 e.